The van der Waals surface area contributed by atoms with Gasteiger partial charge in [0.15, 0.2) is 6.61 Å². The summed E-state index contributed by atoms with van der Waals surface area (Å²) >= 11 is 0. The highest BCUT2D eigenvalue weighted by molar-refractivity contribution is 5.95. The summed E-state index contributed by atoms with van der Waals surface area (Å²) in [5.74, 6) is -1.91. The Morgan fingerprint density at radius 3 is 2.18 bits per heavy atom. The Morgan fingerprint density at radius 2 is 1.68 bits per heavy atom. The average Bonchev–Trinajstić information content (AvgIpc) is 2.44. The molecule has 0 bridgehead atoms. The number of amides is 2. The van der Waals surface area contributed by atoms with Crippen LogP contribution in [0.1, 0.15) is 22.8 Å². The molecule has 0 aliphatic heterocycles. The number of esters is 1. The fourth-order valence-electron chi connectivity index (χ4n) is 1.33. The van der Waals surface area contributed by atoms with Crippen molar-refractivity contribution in [2.24, 2.45) is 0 Å². The minimum atomic E-state index is -4.51. The third-order valence-corrected chi connectivity index (χ3v) is 2.30. The minimum absolute atomic E-state index is 0.0600. The molecule has 22 heavy (non-hydrogen) atoms. The van der Waals surface area contributed by atoms with Crippen molar-refractivity contribution in [1.29, 1.82) is 0 Å². The summed E-state index contributed by atoms with van der Waals surface area (Å²) in [6, 6.07) is 3.29. The first-order chi connectivity index (χ1) is 10.2. The van der Waals surface area contributed by atoms with Crippen LogP contribution >= 0.6 is 0 Å². The van der Waals surface area contributed by atoms with Gasteiger partial charge in [-0.3, -0.25) is 10.1 Å². The molecule has 0 atom stereocenters. The molecule has 0 fully saturated rings. The summed E-state index contributed by atoms with van der Waals surface area (Å²) in [5, 5.41) is 1.79. The molecule has 2 amide bonds. The summed E-state index contributed by atoms with van der Waals surface area (Å²) in [5.41, 5.74) is -1.07. The van der Waals surface area contributed by atoms with E-state index in [2.05, 4.69) is 9.47 Å². The molecule has 6 nitrogen and oxygen atoms in total. The molecule has 1 N–H and O–H groups in total. The molecule has 0 radical (unpaired) electrons. The lowest BCUT2D eigenvalue weighted by Gasteiger charge is -2.08. The molecule has 1 aromatic rings. The zero-order valence-corrected chi connectivity index (χ0v) is 11.4. The fraction of sp³-hybridized carbons (Fsp3) is 0.308. The highest BCUT2D eigenvalue weighted by Crippen LogP contribution is 2.29. The second kappa shape index (κ2) is 7.43. The molecule has 0 aromatic heterocycles. The number of carbonyl (C=O) groups is 3. The first kappa shape index (κ1) is 17.5. The maximum absolute atomic E-state index is 12.3. The Bertz CT molecular complexity index is 554. The van der Waals surface area contributed by atoms with Crippen LogP contribution in [0.4, 0.5) is 18.0 Å². The third-order valence-electron chi connectivity index (χ3n) is 2.30. The number of alkyl halides is 3. The number of hydrogen-bond acceptors (Lipinski definition) is 5. The summed E-state index contributed by atoms with van der Waals surface area (Å²) < 4.78 is 46.0. The number of halogens is 3. The standard InChI is InChI=1S/C13H12F3NO5/c1-2-21-12(20)17-10(18)7-22-11(19)8-3-5-9(6-4-8)13(14,15)16/h3-6H,2,7H2,1H3,(H,17,18,20). The number of carbonyl (C=O) groups excluding carboxylic acids is 3. The number of hydrogen-bond donors (Lipinski definition) is 1. The van der Waals surface area contributed by atoms with Gasteiger partial charge in [-0.1, -0.05) is 0 Å². The lowest BCUT2D eigenvalue weighted by molar-refractivity contribution is -0.137. The van der Waals surface area contributed by atoms with Gasteiger partial charge >= 0.3 is 18.2 Å². The van der Waals surface area contributed by atoms with E-state index >= 15 is 0 Å². The lowest BCUT2D eigenvalue weighted by atomic mass is 10.1. The van der Waals surface area contributed by atoms with Crippen LogP contribution in [0.5, 0.6) is 0 Å². The molecule has 0 saturated heterocycles. The molecule has 1 rings (SSSR count). The van der Waals surface area contributed by atoms with E-state index in [-0.39, 0.29) is 12.2 Å². The van der Waals surface area contributed by atoms with Crippen LogP contribution in [-0.4, -0.2) is 31.2 Å². The zero-order valence-electron chi connectivity index (χ0n) is 11.4. The summed E-state index contributed by atoms with van der Waals surface area (Å²) in [7, 11) is 0. The Kier molecular flexibility index (Phi) is 5.90. The van der Waals surface area contributed by atoms with Crippen molar-refractivity contribution in [3.63, 3.8) is 0 Å². The van der Waals surface area contributed by atoms with Gasteiger partial charge in [0, 0.05) is 0 Å². The smallest absolute Gasteiger partial charge is 0.416 e. The Labute approximate surface area is 123 Å². The fourth-order valence-corrected chi connectivity index (χ4v) is 1.33. The van der Waals surface area contributed by atoms with E-state index in [4.69, 9.17) is 0 Å². The van der Waals surface area contributed by atoms with E-state index in [1.807, 2.05) is 0 Å². The molecule has 120 valence electrons. The van der Waals surface area contributed by atoms with Gasteiger partial charge in [-0.15, -0.1) is 0 Å². The van der Waals surface area contributed by atoms with Crippen LogP contribution in [-0.2, 0) is 20.4 Å². The van der Waals surface area contributed by atoms with Gasteiger partial charge in [0.2, 0.25) is 0 Å². The highest BCUT2D eigenvalue weighted by atomic mass is 19.4. The van der Waals surface area contributed by atoms with Crippen LogP contribution in [0.15, 0.2) is 24.3 Å². The van der Waals surface area contributed by atoms with Crippen molar-refractivity contribution in [2.75, 3.05) is 13.2 Å². The van der Waals surface area contributed by atoms with Gasteiger partial charge in [0.05, 0.1) is 17.7 Å². The van der Waals surface area contributed by atoms with Gasteiger partial charge in [-0.2, -0.15) is 13.2 Å². The van der Waals surface area contributed by atoms with Crippen molar-refractivity contribution in [2.45, 2.75) is 13.1 Å². The van der Waals surface area contributed by atoms with E-state index in [0.717, 1.165) is 24.3 Å². The first-order valence-electron chi connectivity index (χ1n) is 6.05. The Hall–Kier alpha value is -2.58. The van der Waals surface area contributed by atoms with Crippen LogP contribution in [0.3, 0.4) is 0 Å². The second-order valence-electron chi connectivity index (χ2n) is 3.92. The Balaban J connectivity index is 2.52. The molecular weight excluding hydrogens is 307 g/mol. The number of benzene rings is 1. The molecule has 0 aliphatic rings. The molecular formula is C13H12F3NO5. The second-order valence-corrected chi connectivity index (χ2v) is 3.92. The molecule has 9 heteroatoms. The van der Waals surface area contributed by atoms with Crippen LogP contribution in [0.25, 0.3) is 0 Å². The molecule has 0 spiro atoms. The van der Waals surface area contributed by atoms with Crippen molar-refractivity contribution >= 4 is 18.0 Å². The zero-order chi connectivity index (χ0) is 16.8. The van der Waals surface area contributed by atoms with Crippen molar-refractivity contribution in [3.05, 3.63) is 35.4 Å². The summed E-state index contributed by atoms with van der Waals surface area (Å²) in [6.07, 6.45) is -5.50. The quantitative estimate of drug-likeness (QED) is 0.860. The predicted octanol–water partition coefficient (Wildman–Crippen LogP) is 2.13. The van der Waals surface area contributed by atoms with Gasteiger partial charge in [0.25, 0.3) is 5.91 Å². The summed E-state index contributed by atoms with van der Waals surface area (Å²) in [4.78, 5) is 33.6. The number of alkyl carbamates (subject to hydrolysis) is 1. The monoisotopic (exact) mass is 319 g/mol. The van der Waals surface area contributed by atoms with E-state index in [1.165, 1.54) is 6.92 Å². The Morgan fingerprint density at radius 1 is 1.09 bits per heavy atom. The van der Waals surface area contributed by atoms with E-state index in [0.29, 0.717) is 0 Å². The topological polar surface area (TPSA) is 81.7 Å². The van der Waals surface area contributed by atoms with Crippen LogP contribution in [0, 0.1) is 0 Å². The molecule has 1 aromatic carbocycles. The molecule has 0 unspecified atom stereocenters. The van der Waals surface area contributed by atoms with Crippen molar-refractivity contribution < 1.29 is 37.0 Å². The van der Waals surface area contributed by atoms with E-state index in [9.17, 15) is 27.6 Å². The molecule has 0 heterocycles. The molecule has 0 aliphatic carbocycles. The maximum Gasteiger partial charge on any atom is 0.416 e. The lowest BCUT2D eigenvalue weighted by Crippen LogP contribution is -2.34. The van der Waals surface area contributed by atoms with E-state index < -0.39 is 36.3 Å². The number of rotatable bonds is 4. The SMILES string of the molecule is CCOC(=O)NC(=O)COC(=O)c1ccc(C(F)(F)F)cc1. The number of imide groups is 1. The number of ether oxygens (including phenoxy) is 2. The predicted molar refractivity (Wildman–Crippen MR) is 66.9 cm³/mol. The van der Waals surface area contributed by atoms with Crippen molar-refractivity contribution in [3.8, 4) is 0 Å². The van der Waals surface area contributed by atoms with Crippen LogP contribution in [0.2, 0.25) is 0 Å². The largest absolute Gasteiger partial charge is 0.452 e. The summed E-state index contributed by atoms with van der Waals surface area (Å²) in [6.45, 7) is 0.831. The molecule has 0 saturated carbocycles. The maximum atomic E-state index is 12.3. The van der Waals surface area contributed by atoms with Gasteiger partial charge < -0.3 is 9.47 Å². The normalized spacial score (nSPS) is 10.7. The number of nitrogens with one attached hydrogen (secondary N) is 1. The van der Waals surface area contributed by atoms with E-state index in [1.54, 1.807) is 5.32 Å². The van der Waals surface area contributed by atoms with Crippen molar-refractivity contribution in [1.82, 2.24) is 5.32 Å². The first-order valence-corrected chi connectivity index (χ1v) is 6.05. The third kappa shape index (κ3) is 5.43. The van der Waals surface area contributed by atoms with Gasteiger partial charge in [-0.05, 0) is 31.2 Å². The van der Waals surface area contributed by atoms with Crippen LogP contribution < -0.4 is 5.32 Å². The van der Waals surface area contributed by atoms with Gasteiger partial charge in [-0.25, -0.2) is 9.59 Å². The minimum Gasteiger partial charge on any atom is -0.452 e. The highest BCUT2D eigenvalue weighted by Gasteiger charge is 2.30. The van der Waals surface area contributed by atoms with Gasteiger partial charge in [0.1, 0.15) is 0 Å². The average molecular weight is 319 g/mol.